The molecular formula is C15H9Cl3F3N5O. The summed E-state index contributed by atoms with van der Waals surface area (Å²) in [5, 5.41) is 12.4. The van der Waals surface area contributed by atoms with Crippen LogP contribution in [0.25, 0.3) is 0 Å². The number of aromatic amines is 1. The van der Waals surface area contributed by atoms with Gasteiger partial charge in [0, 0.05) is 27.9 Å². The van der Waals surface area contributed by atoms with Gasteiger partial charge in [-0.1, -0.05) is 40.9 Å². The summed E-state index contributed by atoms with van der Waals surface area (Å²) in [5.74, 6) is -0.939. The predicted octanol–water partition coefficient (Wildman–Crippen LogP) is 4.89. The van der Waals surface area contributed by atoms with Gasteiger partial charge in [0.2, 0.25) is 0 Å². The third kappa shape index (κ3) is 4.37. The molecule has 0 aliphatic heterocycles. The van der Waals surface area contributed by atoms with Gasteiger partial charge in [-0.05, 0) is 12.1 Å². The van der Waals surface area contributed by atoms with Crippen LogP contribution in [0.1, 0.15) is 21.7 Å². The minimum absolute atomic E-state index is 0.0404. The molecule has 6 nitrogen and oxygen atoms in total. The molecule has 0 radical (unpaired) electrons. The van der Waals surface area contributed by atoms with E-state index in [1.165, 1.54) is 10.9 Å². The lowest BCUT2D eigenvalue weighted by atomic mass is 10.2. The van der Waals surface area contributed by atoms with Crippen LogP contribution in [0.5, 0.6) is 0 Å². The molecule has 0 aliphatic carbocycles. The second-order valence-corrected chi connectivity index (χ2v) is 6.56. The lowest BCUT2D eigenvalue weighted by Gasteiger charge is -2.06. The molecular weight excluding hydrogens is 430 g/mol. The molecule has 2 N–H and O–H groups in total. The number of halogens is 6. The zero-order valence-electron chi connectivity index (χ0n) is 13.1. The van der Waals surface area contributed by atoms with Gasteiger partial charge in [0.1, 0.15) is 10.7 Å². The van der Waals surface area contributed by atoms with Crippen molar-refractivity contribution in [2.75, 3.05) is 5.32 Å². The maximum absolute atomic E-state index is 12.6. The van der Waals surface area contributed by atoms with Crippen LogP contribution in [-0.2, 0) is 12.7 Å². The highest BCUT2D eigenvalue weighted by Crippen LogP contribution is 2.29. The lowest BCUT2D eigenvalue weighted by Crippen LogP contribution is -2.13. The second-order valence-electron chi connectivity index (χ2n) is 5.34. The van der Waals surface area contributed by atoms with Crippen LogP contribution in [0.4, 0.5) is 19.0 Å². The molecule has 0 atom stereocenters. The van der Waals surface area contributed by atoms with Gasteiger partial charge in [0.25, 0.3) is 5.91 Å². The number of aromatic nitrogens is 4. The Hall–Kier alpha value is -2.23. The normalized spacial score (nSPS) is 11.6. The number of carbonyl (C=O) groups excluding carboxylic acids is 1. The number of benzene rings is 1. The Labute approximate surface area is 165 Å². The van der Waals surface area contributed by atoms with Gasteiger partial charge in [-0.15, -0.1) is 0 Å². The molecule has 0 spiro atoms. The summed E-state index contributed by atoms with van der Waals surface area (Å²) in [5.41, 5.74) is -1.00. The first kappa shape index (κ1) is 19.5. The number of alkyl halides is 3. The fourth-order valence-electron chi connectivity index (χ4n) is 2.16. The molecule has 3 rings (SSSR count). The smallest absolute Gasteiger partial charge is 0.302 e. The summed E-state index contributed by atoms with van der Waals surface area (Å²) in [7, 11) is 0. The average Bonchev–Trinajstić information content (AvgIpc) is 3.19. The largest absolute Gasteiger partial charge is 0.432 e. The molecule has 27 heavy (non-hydrogen) atoms. The van der Waals surface area contributed by atoms with E-state index in [9.17, 15) is 18.0 Å². The maximum atomic E-state index is 12.6. The highest BCUT2D eigenvalue weighted by atomic mass is 35.5. The Morgan fingerprint density at radius 1 is 1.19 bits per heavy atom. The summed E-state index contributed by atoms with van der Waals surface area (Å²) >= 11 is 18.2. The van der Waals surface area contributed by atoms with E-state index in [0.717, 1.165) is 0 Å². The summed E-state index contributed by atoms with van der Waals surface area (Å²) < 4.78 is 39.1. The lowest BCUT2D eigenvalue weighted by molar-refractivity contribution is -0.141. The number of nitrogens with one attached hydrogen (secondary N) is 2. The van der Waals surface area contributed by atoms with Gasteiger partial charge in [-0.25, -0.2) is 0 Å². The van der Waals surface area contributed by atoms with Crippen molar-refractivity contribution < 1.29 is 18.0 Å². The van der Waals surface area contributed by atoms with Crippen molar-refractivity contribution in [2.24, 2.45) is 0 Å². The SMILES string of the molecule is O=C(Nc1nn(Cc2c(Cl)cccc2Cl)cc1Cl)c1cc(C(F)(F)F)[nH]n1. The van der Waals surface area contributed by atoms with Gasteiger partial charge in [-0.3, -0.25) is 14.6 Å². The third-order valence-electron chi connectivity index (χ3n) is 3.45. The van der Waals surface area contributed by atoms with Crippen LogP contribution in [0.3, 0.4) is 0 Å². The van der Waals surface area contributed by atoms with Gasteiger partial charge in [0.05, 0.1) is 6.54 Å². The van der Waals surface area contributed by atoms with Gasteiger partial charge >= 0.3 is 6.18 Å². The quantitative estimate of drug-likeness (QED) is 0.609. The Kier molecular flexibility index (Phi) is 5.36. The summed E-state index contributed by atoms with van der Waals surface area (Å²) in [6.07, 6.45) is -3.22. The van der Waals surface area contributed by atoms with Crippen molar-refractivity contribution in [1.29, 1.82) is 0 Å². The maximum Gasteiger partial charge on any atom is 0.432 e. The Balaban J connectivity index is 1.77. The first-order valence-corrected chi connectivity index (χ1v) is 8.38. The number of rotatable bonds is 4. The Morgan fingerprint density at radius 2 is 1.85 bits per heavy atom. The zero-order valence-corrected chi connectivity index (χ0v) is 15.4. The number of amides is 1. The number of H-pyrrole nitrogens is 1. The number of anilines is 1. The Morgan fingerprint density at radius 3 is 2.44 bits per heavy atom. The second kappa shape index (κ2) is 7.41. The number of hydrogen-bond acceptors (Lipinski definition) is 3. The molecule has 0 unspecified atom stereocenters. The average molecular weight is 439 g/mol. The van der Waals surface area contributed by atoms with Gasteiger partial charge in [0.15, 0.2) is 11.5 Å². The molecule has 1 aromatic carbocycles. The van der Waals surface area contributed by atoms with E-state index in [1.807, 2.05) is 0 Å². The molecule has 142 valence electrons. The van der Waals surface area contributed by atoms with Crippen molar-refractivity contribution in [3.8, 4) is 0 Å². The first-order valence-electron chi connectivity index (χ1n) is 7.25. The molecule has 0 saturated heterocycles. The van der Waals surface area contributed by atoms with Crippen LogP contribution in [0, 0.1) is 0 Å². The van der Waals surface area contributed by atoms with E-state index in [4.69, 9.17) is 34.8 Å². The van der Waals surface area contributed by atoms with E-state index in [-0.39, 0.29) is 17.4 Å². The number of nitrogens with zero attached hydrogens (tertiary/aromatic N) is 3. The first-order chi connectivity index (χ1) is 12.6. The highest BCUT2D eigenvalue weighted by Gasteiger charge is 2.34. The van der Waals surface area contributed by atoms with Crippen molar-refractivity contribution in [2.45, 2.75) is 12.7 Å². The van der Waals surface area contributed by atoms with Crippen molar-refractivity contribution >= 4 is 46.5 Å². The van der Waals surface area contributed by atoms with E-state index >= 15 is 0 Å². The summed E-state index contributed by atoms with van der Waals surface area (Å²) in [4.78, 5) is 12.1. The summed E-state index contributed by atoms with van der Waals surface area (Å²) in [6.45, 7) is 0.175. The topological polar surface area (TPSA) is 75.6 Å². The zero-order chi connectivity index (χ0) is 19.8. The third-order valence-corrected chi connectivity index (χ3v) is 4.43. The van der Waals surface area contributed by atoms with Crippen LogP contribution in [-0.4, -0.2) is 25.9 Å². The van der Waals surface area contributed by atoms with Crippen molar-refractivity contribution in [1.82, 2.24) is 20.0 Å². The van der Waals surface area contributed by atoms with Crippen LogP contribution in [0.15, 0.2) is 30.5 Å². The van der Waals surface area contributed by atoms with E-state index in [2.05, 4.69) is 15.5 Å². The van der Waals surface area contributed by atoms with E-state index in [0.29, 0.717) is 21.7 Å². The molecule has 0 saturated carbocycles. The molecule has 2 aromatic heterocycles. The van der Waals surface area contributed by atoms with Crippen LogP contribution >= 0.6 is 34.8 Å². The predicted molar refractivity (Wildman–Crippen MR) is 94.3 cm³/mol. The van der Waals surface area contributed by atoms with Crippen molar-refractivity contribution in [3.63, 3.8) is 0 Å². The fourth-order valence-corrected chi connectivity index (χ4v) is 2.88. The van der Waals surface area contributed by atoms with E-state index < -0.39 is 23.5 Å². The standard InChI is InChI=1S/C15H9Cl3F3N5O/c16-8-2-1-3-9(17)7(8)5-26-6-10(18)13(25-26)22-14(27)11-4-12(24-23-11)15(19,20)21/h1-4,6H,5H2,(H,23,24)(H,22,25,27). The molecule has 0 bridgehead atoms. The summed E-state index contributed by atoms with van der Waals surface area (Å²) in [6, 6.07) is 5.59. The minimum atomic E-state index is -4.64. The van der Waals surface area contributed by atoms with Gasteiger partial charge < -0.3 is 5.32 Å². The molecule has 2 heterocycles. The van der Waals surface area contributed by atoms with Crippen LogP contribution < -0.4 is 5.32 Å². The Bertz CT molecular complexity index is 979. The monoisotopic (exact) mass is 437 g/mol. The van der Waals surface area contributed by atoms with Gasteiger partial charge in [-0.2, -0.15) is 23.4 Å². The molecule has 0 aliphatic rings. The molecule has 0 fully saturated rings. The number of carbonyl (C=O) groups is 1. The fraction of sp³-hybridized carbons (Fsp3) is 0.133. The molecule has 1 amide bonds. The number of hydrogen-bond donors (Lipinski definition) is 2. The van der Waals surface area contributed by atoms with Crippen LogP contribution in [0.2, 0.25) is 15.1 Å². The van der Waals surface area contributed by atoms with E-state index in [1.54, 1.807) is 23.3 Å². The minimum Gasteiger partial charge on any atom is -0.302 e. The molecule has 3 aromatic rings. The van der Waals surface area contributed by atoms with Crippen molar-refractivity contribution in [3.05, 3.63) is 62.5 Å². The highest BCUT2D eigenvalue weighted by molar-refractivity contribution is 6.36. The molecule has 12 heteroatoms.